The number of amides is 1. The van der Waals surface area contributed by atoms with Crippen LogP contribution in [0.5, 0.6) is 0 Å². The van der Waals surface area contributed by atoms with Gasteiger partial charge in [0.2, 0.25) is 5.91 Å². The lowest BCUT2D eigenvalue weighted by molar-refractivity contribution is -0.128. The molecular formula is C18H31IN4O. The van der Waals surface area contributed by atoms with Gasteiger partial charge < -0.3 is 16.4 Å². The molecule has 0 aromatic heterocycles. The van der Waals surface area contributed by atoms with E-state index >= 15 is 0 Å². The van der Waals surface area contributed by atoms with Crippen LogP contribution in [-0.4, -0.2) is 25.0 Å². The van der Waals surface area contributed by atoms with E-state index in [4.69, 9.17) is 5.73 Å². The van der Waals surface area contributed by atoms with Gasteiger partial charge in [0.25, 0.3) is 0 Å². The second-order valence-electron chi connectivity index (χ2n) is 6.23. The van der Waals surface area contributed by atoms with Gasteiger partial charge in [0, 0.05) is 12.2 Å². The second kappa shape index (κ2) is 10.5. The molecule has 0 spiro atoms. The number of aliphatic imine (C=N–C) groups is 1. The molecule has 24 heavy (non-hydrogen) atoms. The Hall–Kier alpha value is -1.31. The number of benzene rings is 1. The van der Waals surface area contributed by atoms with Crippen LogP contribution in [-0.2, 0) is 17.6 Å². The first kappa shape index (κ1) is 22.7. The van der Waals surface area contributed by atoms with E-state index in [1.165, 1.54) is 11.1 Å². The van der Waals surface area contributed by atoms with Crippen LogP contribution in [0.3, 0.4) is 0 Å². The molecule has 0 atom stereocenters. The molecule has 1 amide bonds. The fraction of sp³-hybridized carbons (Fsp3) is 0.556. The van der Waals surface area contributed by atoms with Gasteiger partial charge in [0.1, 0.15) is 0 Å². The lowest BCUT2D eigenvalue weighted by Crippen LogP contribution is -2.39. The molecule has 4 N–H and O–H groups in total. The van der Waals surface area contributed by atoms with Gasteiger partial charge in [-0.05, 0) is 44.7 Å². The van der Waals surface area contributed by atoms with Gasteiger partial charge >= 0.3 is 0 Å². The topological polar surface area (TPSA) is 79.5 Å². The third-order valence-electron chi connectivity index (χ3n) is 3.85. The van der Waals surface area contributed by atoms with Crippen molar-refractivity contribution >= 4 is 41.5 Å². The third kappa shape index (κ3) is 6.30. The second-order valence-corrected chi connectivity index (χ2v) is 6.23. The number of halogens is 1. The van der Waals surface area contributed by atoms with Crippen LogP contribution < -0.4 is 16.4 Å². The van der Waals surface area contributed by atoms with Crippen molar-refractivity contribution in [3.63, 3.8) is 0 Å². The maximum absolute atomic E-state index is 12.0. The van der Waals surface area contributed by atoms with Crippen LogP contribution >= 0.6 is 24.0 Å². The van der Waals surface area contributed by atoms with Gasteiger partial charge in [0.15, 0.2) is 5.96 Å². The molecule has 0 saturated heterocycles. The summed E-state index contributed by atoms with van der Waals surface area (Å²) in [6.45, 7) is 10.8. The highest BCUT2D eigenvalue weighted by molar-refractivity contribution is 14.0. The summed E-state index contributed by atoms with van der Waals surface area (Å²) in [5, 5.41) is 6.05. The molecule has 0 aliphatic heterocycles. The minimum absolute atomic E-state index is 0. The number of hydrogen-bond acceptors (Lipinski definition) is 2. The smallest absolute Gasteiger partial charge is 0.227 e. The standard InChI is InChI=1S/C18H30N4O.HI/c1-6-13-10-9-11-14(7-2)15(13)22-17(19)21-12-18(4,5)16(23)20-8-3;/h9-11H,6-8,12H2,1-5H3,(H,20,23)(H3,19,21,22);1H. The SMILES string of the molecule is CCNC(=O)C(C)(C)CN=C(N)Nc1c(CC)cccc1CC.I. The minimum Gasteiger partial charge on any atom is -0.370 e. The maximum Gasteiger partial charge on any atom is 0.227 e. The molecule has 1 rings (SSSR count). The number of nitrogens with two attached hydrogens (primary N) is 1. The number of para-hydroxylation sites is 1. The lowest BCUT2D eigenvalue weighted by atomic mass is 9.92. The van der Waals surface area contributed by atoms with Crippen LogP contribution in [0.1, 0.15) is 45.7 Å². The molecule has 0 radical (unpaired) electrons. The van der Waals surface area contributed by atoms with Crippen molar-refractivity contribution in [1.29, 1.82) is 0 Å². The van der Waals surface area contributed by atoms with Crippen molar-refractivity contribution < 1.29 is 4.79 Å². The Kier molecular flexibility index (Phi) is 9.96. The van der Waals surface area contributed by atoms with E-state index in [0.717, 1.165) is 18.5 Å². The fourth-order valence-electron chi connectivity index (χ4n) is 2.33. The number of guanidine groups is 1. The predicted molar refractivity (Wildman–Crippen MR) is 113 cm³/mol. The molecule has 0 heterocycles. The molecule has 0 saturated carbocycles. The van der Waals surface area contributed by atoms with Crippen molar-refractivity contribution in [2.45, 2.75) is 47.5 Å². The molecule has 0 fully saturated rings. The summed E-state index contributed by atoms with van der Waals surface area (Å²) in [7, 11) is 0. The molecule has 1 aromatic carbocycles. The minimum atomic E-state index is -0.583. The zero-order valence-corrected chi connectivity index (χ0v) is 17.7. The van der Waals surface area contributed by atoms with Gasteiger partial charge in [-0.3, -0.25) is 9.79 Å². The first-order valence-electron chi connectivity index (χ1n) is 8.31. The Bertz CT molecular complexity index is 548. The van der Waals surface area contributed by atoms with Gasteiger partial charge in [-0.1, -0.05) is 32.0 Å². The highest BCUT2D eigenvalue weighted by atomic mass is 127. The van der Waals surface area contributed by atoms with Crippen molar-refractivity contribution in [3.8, 4) is 0 Å². The number of hydrogen-bond donors (Lipinski definition) is 3. The average molecular weight is 446 g/mol. The van der Waals surface area contributed by atoms with Crippen LogP contribution in [0.25, 0.3) is 0 Å². The summed E-state index contributed by atoms with van der Waals surface area (Å²) in [6.07, 6.45) is 1.85. The van der Waals surface area contributed by atoms with E-state index in [2.05, 4.69) is 47.7 Å². The Labute approximate surface area is 162 Å². The predicted octanol–water partition coefficient (Wildman–Crippen LogP) is 3.32. The summed E-state index contributed by atoms with van der Waals surface area (Å²) >= 11 is 0. The van der Waals surface area contributed by atoms with E-state index in [1.54, 1.807) is 0 Å². The molecule has 0 unspecified atom stereocenters. The molecule has 6 heteroatoms. The maximum atomic E-state index is 12.0. The Morgan fingerprint density at radius 1 is 1.17 bits per heavy atom. The highest BCUT2D eigenvalue weighted by Gasteiger charge is 2.26. The summed E-state index contributed by atoms with van der Waals surface area (Å²) < 4.78 is 0. The van der Waals surface area contributed by atoms with Crippen LogP contribution in [0.2, 0.25) is 0 Å². The normalized spacial score (nSPS) is 11.6. The summed E-state index contributed by atoms with van der Waals surface area (Å²) in [4.78, 5) is 16.4. The molecular weight excluding hydrogens is 415 g/mol. The largest absolute Gasteiger partial charge is 0.370 e. The first-order chi connectivity index (χ1) is 10.9. The highest BCUT2D eigenvalue weighted by Crippen LogP contribution is 2.22. The van der Waals surface area contributed by atoms with E-state index in [0.29, 0.717) is 19.0 Å². The van der Waals surface area contributed by atoms with Crippen molar-refractivity contribution in [2.75, 3.05) is 18.4 Å². The molecule has 136 valence electrons. The van der Waals surface area contributed by atoms with E-state index in [1.807, 2.05) is 20.8 Å². The van der Waals surface area contributed by atoms with Crippen LogP contribution in [0.4, 0.5) is 5.69 Å². The quantitative estimate of drug-likeness (QED) is 0.342. The summed E-state index contributed by atoms with van der Waals surface area (Å²) in [5.41, 5.74) is 8.92. The molecule has 0 aliphatic rings. The Morgan fingerprint density at radius 3 is 2.17 bits per heavy atom. The van der Waals surface area contributed by atoms with Crippen molar-refractivity contribution in [1.82, 2.24) is 5.32 Å². The summed E-state index contributed by atoms with van der Waals surface area (Å²) in [5.74, 6) is 0.331. The van der Waals surface area contributed by atoms with Crippen molar-refractivity contribution in [2.24, 2.45) is 16.1 Å². The molecule has 0 aliphatic carbocycles. The zero-order chi connectivity index (χ0) is 17.5. The average Bonchev–Trinajstić information content (AvgIpc) is 2.53. The molecule has 1 aromatic rings. The van der Waals surface area contributed by atoms with Gasteiger partial charge in [-0.15, -0.1) is 24.0 Å². The number of anilines is 1. The molecule has 0 bridgehead atoms. The third-order valence-corrected chi connectivity index (χ3v) is 3.85. The first-order valence-corrected chi connectivity index (χ1v) is 8.31. The number of carbonyl (C=O) groups excluding carboxylic acids is 1. The van der Waals surface area contributed by atoms with Gasteiger partial charge in [-0.2, -0.15) is 0 Å². The van der Waals surface area contributed by atoms with Gasteiger partial charge in [-0.25, -0.2) is 0 Å². The number of carbonyl (C=O) groups is 1. The lowest BCUT2D eigenvalue weighted by Gasteiger charge is -2.21. The number of rotatable bonds is 7. The zero-order valence-electron chi connectivity index (χ0n) is 15.4. The van der Waals surface area contributed by atoms with Gasteiger partial charge in [0.05, 0.1) is 12.0 Å². The van der Waals surface area contributed by atoms with E-state index in [-0.39, 0.29) is 29.9 Å². The molecule has 5 nitrogen and oxygen atoms in total. The number of aryl methyl sites for hydroxylation is 2. The number of nitrogens with one attached hydrogen (secondary N) is 2. The van der Waals surface area contributed by atoms with Crippen LogP contribution in [0.15, 0.2) is 23.2 Å². The Balaban J connectivity index is 0.00000529. The van der Waals surface area contributed by atoms with Crippen molar-refractivity contribution in [3.05, 3.63) is 29.3 Å². The van der Waals surface area contributed by atoms with Crippen LogP contribution in [0, 0.1) is 5.41 Å². The summed E-state index contributed by atoms with van der Waals surface area (Å²) in [6, 6.07) is 6.25. The monoisotopic (exact) mass is 446 g/mol. The van der Waals surface area contributed by atoms with E-state index < -0.39 is 5.41 Å². The number of nitrogens with zero attached hydrogens (tertiary/aromatic N) is 1. The Morgan fingerprint density at radius 2 is 1.71 bits per heavy atom. The van der Waals surface area contributed by atoms with E-state index in [9.17, 15) is 4.79 Å². The fourth-order valence-corrected chi connectivity index (χ4v) is 2.33.